The average Bonchev–Trinajstić information content (AvgIpc) is 2.02. The summed E-state index contributed by atoms with van der Waals surface area (Å²) in [5.41, 5.74) is 6.45. The number of hydrogen-bond donors (Lipinski definition) is 2. The van der Waals surface area contributed by atoms with Gasteiger partial charge in [-0.25, -0.2) is 4.39 Å². The molecule has 3 N–H and O–H groups in total. The maximum Gasteiger partial charge on any atom is 0.123 e. The summed E-state index contributed by atoms with van der Waals surface area (Å²) >= 11 is 0. The Kier molecular flexibility index (Phi) is 3.24. The Bertz CT molecular complexity index is 304. The van der Waals surface area contributed by atoms with E-state index < -0.39 is 5.54 Å². The van der Waals surface area contributed by atoms with Crippen LogP contribution in [0.1, 0.15) is 25.5 Å². The lowest BCUT2D eigenvalue weighted by molar-refractivity contribution is 0.369. The molecule has 0 saturated heterocycles. The molecule has 0 spiro atoms. The lowest BCUT2D eigenvalue weighted by atomic mass is 9.90. The van der Waals surface area contributed by atoms with Crippen LogP contribution in [0.25, 0.3) is 0 Å². The molecule has 1 rings (SSSR count). The SMILES string of the molecule is CNC(c1cccc(F)c1)C(C)(C)N. The molecule has 0 aliphatic carbocycles. The molecule has 1 aromatic rings. The smallest absolute Gasteiger partial charge is 0.123 e. The van der Waals surface area contributed by atoms with Crippen molar-refractivity contribution in [3.8, 4) is 0 Å². The van der Waals surface area contributed by atoms with Crippen molar-refractivity contribution in [2.45, 2.75) is 25.4 Å². The van der Waals surface area contributed by atoms with E-state index >= 15 is 0 Å². The highest BCUT2D eigenvalue weighted by atomic mass is 19.1. The van der Waals surface area contributed by atoms with E-state index in [1.165, 1.54) is 12.1 Å². The van der Waals surface area contributed by atoms with Crippen LogP contribution in [0.5, 0.6) is 0 Å². The van der Waals surface area contributed by atoms with Crippen LogP contribution in [-0.4, -0.2) is 12.6 Å². The Labute approximate surface area is 84.3 Å². The van der Waals surface area contributed by atoms with Gasteiger partial charge in [-0.05, 0) is 38.6 Å². The number of benzene rings is 1. The van der Waals surface area contributed by atoms with Crippen molar-refractivity contribution in [1.29, 1.82) is 0 Å². The molecule has 0 radical (unpaired) electrons. The molecule has 0 fully saturated rings. The largest absolute Gasteiger partial charge is 0.324 e. The van der Waals surface area contributed by atoms with Gasteiger partial charge in [-0.15, -0.1) is 0 Å². The maximum absolute atomic E-state index is 13.0. The predicted octanol–water partition coefficient (Wildman–Crippen LogP) is 1.82. The number of hydrogen-bond acceptors (Lipinski definition) is 2. The summed E-state index contributed by atoms with van der Waals surface area (Å²) in [6, 6.07) is 6.47. The van der Waals surface area contributed by atoms with Crippen LogP contribution in [0.2, 0.25) is 0 Å². The third-order valence-corrected chi connectivity index (χ3v) is 2.21. The number of nitrogens with one attached hydrogen (secondary N) is 1. The van der Waals surface area contributed by atoms with Gasteiger partial charge in [0, 0.05) is 11.6 Å². The van der Waals surface area contributed by atoms with Gasteiger partial charge < -0.3 is 11.1 Å². The predicted molar refractivity (Wildman–Crippen MR) is 56.5 cm³/mol. The highest BCUT2D eigenvalue weighted by Gasteiger charge is 2.25. The van der Waals surface area contributed by atoms with Crippen LogP contribution in [0.4, 0.5) is 4.39 Å². The summed E-state index contributed by atoms with van der Waals surface area (Å²) in [7, 11) is 1.82. The highest BCUT2D eigenvalue weighted by molar-refractivity contribution is 5.23. The van der Waals surface area contributed by atoms with Gasteiger partial charge >= 0.3 is 0 Å². The van der Waals surface area contributed by atoms with E-state index in [4.69, 9.17) is 5.73 Å². The van der Waals surface area contributed by atoms with Crippen LogP contribution < -0.4 is 11.1 Å². The molecule has 0 aliphatic heterocycles. The zero-order valence-corrected chi connectivity index (χ0v) is 8.84. The number of halogens is 1. The Morgan fingerprint density at radius 1 is 1.43 bits per heavy atom. The lowest BCUT2D eigenvalue weighted by Gasteiger charge is -2.30. The van der Waals surface area contributed by atoms with E-state index in [1.807, 2.05) is 27.0 Å². The maximum atomic E-state index is 13.0. The molecule has 3 heteroatoms. The van der Waals surface area contributed by atoms with Crippen LogP contribution in [-0.2, 0) is 0 Å². The van der Waals surface area contributed by atoms with Crippen LogP contribution in [0, 0.1) is 5.82 Å². The molecule has 1 unspecified atom stereocenters. The molecule has 0 bridgehead atoms. The van der Waals surface area contributed by atoms with Gasteiger partial charge in [-0.3, -0.25) is 0 Å². The van der Waals surface area contributed by atoms with Crippen molar-refractivity contribution in [2.75, 3.05) is 7.05 Å². The van der Waals surface area contributed by atoms with Crippen molar-refractivity contribution in [2.24, 2.45) is 5.73 Å². The fraction of sp³-hybridized carbons (Fsp3) is 0.455. The molecule has 1 atom stereocenters. The molecular formula is C11H17FN2. The summed E-state index contributed by atoms with van der Waals surface area (Å²) < 4.78 is 13.0. The van der Waals surface area contributed by atoms with Crippen molar-refractivity contribution in [3.05, 3.63) is 35.6 Å². The summed E-state index contributed by atoms with van der Waals surface area (Å²) in [6.45, 7) is 3.83. The van der Waals surface area contributed by atoms with Gasteiger partial charge in [0.2, 0.25) is 0 Å². The standard InChI is InChI=1S/C11H17FN2/c1-11(2,13)10(14-3)8-5-4-6-9(12)7-8/h4-7,10,14H,13H2,1-3H3. The molecule has 0 saturated carbocycles. The van der Waals surface area contributed by atoms with Crippen molar-refractivity contribution in [3.63, 3.8) is 0 Å². The third-order valence-electron chi connectivity index (χ3n) is 2.21. The molecule has 2 nitrogen and oxygen atoms in total. The summed E-state index contributed by atoms with van der Waals surface area (Å²) in [5, 5.41) is 3.09. The van der Waals surface area contributed by atoms with Gasteiger partial charge in [0.05, 0.1) is 0 Å². The third kappa shape index (κ3) is 2.53. The molecular weight excluding hydrogens is 179 g/mol. The quantitative estimate of drug-likeness (QED) is 0.774. The minimum atomic E-state index is -0.414. The van der Waals surface area contributed by atoms with E-state index in [2.05, 4.69) is 5.32 Å². The fourth-order valence-corrected chi connectivity index (χ4v) is 1.65. The van der Waals surface area contributed by atoms with Gasteiger partial charge in [0.15, 0.2) is 0 Å². The van der Waals surface area contributed by atoms with Crippen LogP contribution in [0.15, 0.2) is 24.3 Å². The second-order valence-corrected chi connectivity index (χ2v) is 4.10. The van der Waals surface area contributed by atoms with Crippen molar-refractivity contribution >= 4 is 0 Å². The summed E-state index contributed by atoms with van der Waals surface area (Å²) in [5.74, 6) is -0.230. The molecule has 0 amide bonds. The average molecular weight is 196 g/mol. The Morgan fingerprint density at radius 3 is 2.50 bits per heavy atom. The zero-order valence-electron chi connectivity index (χ0n) is 8.84. The molecule has 1 aromatic carbocycles. The first-order valence-corrected chi connectivity index (χ1v) is 4.67. The minimum absolute atomic E-state index is 0.0433. The molecule has 14 heavy (non-hydrogen) atoms. The molecule has 0 heterocycles. The number of likely N-dealkylation sites (N-methyl/N-ethyl adjacent to an activating group) is 1. The first kappa shape index (κ1) is 11.1. The summed E-state index contributed by atoms with van der Waals surface area (Å²) in [6.07, 6.45) is 0. The first-order valence-electron chi connectivity index (χ1n) is 4.67. The Morgan fingerprint density at radius 2 is 2.07 bits per heavy atom. The van der Waals surface area contributed by atoms with E-state index in [9.17, 15) is 4.39 Å². The van der Waals surface area contributed by atoms with Crippen LogP contribution >= 0.6 is 0 Å². The minimum Gasteiger partial charge on any atom is -0.324 e. The van der Waals surface area contributed by atoms with Gasteiger partial charge in [0.1, 0.15) is 5.82 Å². The van der Waals surface area contributed by atoms with Crippen LogP contribution in [0.3, 0.4) is 0 Å². The lowest BCUT2D eigenvalue weighted by Crippen LogP contribution is -2.45. The Hall–Kier alpha value is -0.930. The molecule has 0 aromatic heterocycles. The zero-order chi connectivity index (χ0) is 10.8. The van der Waals surface area contributed by atoms with E-state index in [1.54, 1.807) is 6.07 Å². The molecule has 0 aliphatic rings. The summed E-state index contributed by atoms with van der Waals surface area (Å²) in [4.78, 5) is 0. The van der Waals surface area contributed by atoms with Crippen molar-refractivity contribution < 1.29 is 4.39 Å². The van der Waals surface area contributed by atoms with Gasteiger partial charge in [0.25, 0.3) is 0 Å². The fourth-order valence-electron chi connectivity index (χ4n) is 1.65. The van der Waals surface area contributed by atoms with E-state index in [0.717, 1.165) is 5.56 Å². The van der Waals surface area contributed by atoms with Gasteiger partial charge in [-0.1, -0.05) is 12.1 Å². The van der Waals surface area contributed by atoms with E-state index in [0.29, 0.717) is 0 Å². The topological polar surface area (TPSA) is 38.0 Å². The first-order chi connectivity index (χ1) is 6.45. The second-order valence-electron chi connectivity index (χ2n) is 4.10. The highest BCUT2D eigenvalue weighted by Crippen LogP contribution is 2.23. The Balaban J connectivity index is 3.01. The monoisotopic (exact) mass is 196 g/mol. The second kappa shape index (κ2) is 4.07. The number of nitrogens with two attached hydrogens (primary N) is 1. The van der Waals surface area contributed by atoms with E-state index in [-0.39, 0.29) is 11.9 Å². The van der Waals surface area contributed by atoms with Crippen molar-refractivity contribution in [1.82, 2.24) is 5.32 Å². The van der Waals surface area contributed by atoms with Gasteiger partial charge in [-0.2, -0.15) is 0 Å². The number of rotatable bonds is 3. The normalized spacial score (nSPS) is 14.1. The molecule has 78 valence electrons.